The molecule has 0 unspecified atom stereocenters. The highest BCUT2D eigenvalue weighted by atomic mass is 16.5. The summed E-state index contributed by atoms with van der Waals surface area (Å²) in [5.74, 6) is 0.909. The van der Waals surface area contributed by atoms with Crippen LogP contribution in [-0.2, 0) is 9.59 Å². The molecule has 2 aromatic carbocycles. The molecule has 7 heteroatoms. The number of nitrogens with zero attached hydrogens (tertiary/aromatic N) is 1. The fraction of sp³-hybridized carbons (Fsp3) is 0.250. The summed E-state index contributed by atoms with van der Waals surface area (Å²) in [6, 6.07) is 14.3. The highest BCUT2D eigenvalue weighted by molar-refractivity contribution is 5.93. The number of methoxy groups -OCH3 is 1. The molecule has 0 bridgehead atoms. The smallest absolute Gasteiger partial charge is 0.240 e. The van der Waals surface area contributed by atoms with Crippen molar-refractivity contribution < 1.29 is 19.1 Å². The SMILES string of the molecule is CCOc1ccc(C=NNC(=O)CCC(=O)Nc2ccc(OC)cc2)cc1. The van der Waals surface area contributed by atoms with Crippen molar-refractivity contribution in [3.63, 3.8) is 0 Å². The molecule has 0 saturated heterocycles. The van der Waals surface area contributed by atoms with E-state index in [2.05, 4.69) is 15.8 Å². The molecule has 2 aromatic rings. The minimum Gasteiger partial charge on any atom is -0.497 e. The fourth-order valence-electron chi connectivity index (χ4n) is 2.18. The van der Waals surface area contributed by atoms with Gasteiger partial charge in [0.15, 0.2) is 0 Å². The van der Waals surface area contributed by atoms with Crippen molar-refractivity contribution in [1.82, 2.24) is 5.43 Å². The summed E-state index contributed by atoms with van der Waals surface area (Å²) in [6.07, 6.45) is 1.64. The summed E-state index contributed by atoms with van der Waals surface area (Å²) in [4.78, 5) is 23.7. The number of carbonyl (C=O) groups is 2. The van der Waals surface area contributed by atoms with Crippen molar-refractivity contribution in [2.45, 2.75) is 19.8 Å². The van der Waals surface area contributed by atoms with Crippen LogP contribution in [0.2, 0.25) is 0 Å². The summed E-state index contributed by atoms with van der Waals surface area (Å²) in [5.41, 5.74) is 3.89. The molecular formula is C20H23N3O4. The van der Waals surface area contributed by atoms with E-state index in [0.29, 0.717) is 18.0 Å². The maximum Gasteiger partial charge on any atom is 0.240 e. The van der Waals surface area contributed by atoms with E-state index < -0.39 is 0 Å². The lowest BCUT2D eigenvalue weighted by molar-refractivity contribution is -0.124. The van der Waals surface area contributed by atoms with Crippen molar-refractivity contribution in [3.05, 3.63) is 54.1 Å². The number of hydrogen-bond acceptors (Lipinski definition) is 5. The highest BCUT2D eigenvalue weighted by Crippen LogP contribution is 2.15. The van der Waals surface area contributed by atoms with Crippen molar-refractivity contribution in [3.8, 4) is 11.5 Å². The maximum absolute atomic E-state index is 11.9. The van der Waals surface area contributed by atoms with Gasteiger partial charge in [-0.3, -0.25) is 9.59 Å². The van der Waals surface area contributed by atoms with Crippen molar-refractivity contribution in [2.24, 2.45) is 5.10 Å². The van der Waals surface area contributed by atoms with Crippen LogP contribution >= 0.6 is 0 Å². The van der Waals surface area contributed by atoms with Crippen LogP contribution in [0.1, 0.15) is 25.3 Å². The molecule has 2 N–H and O–H groups in total. The molecule has 0 aromatic heterocycles. The second kappa shape index (κ2) is 10.6. The quantitative estimate of drug-likeness (QED) is 0.525. The molecule has 0 aliphatic carbocycles. The lowest BCUT2D eigenvalue weighted by Gasteiger charge is -2.06. The van der Waals surface area contributed by atoms with Gasteiger partial charge in [-0.15, -0.1) is 0 Å². The number of benzene rings is 2. The van der Waals surface area contributed by atoms with Gasteiger partial charge in [0.05, 0.1) is 19.9 Å². The van der Waals surface area contributed by atoms with Gasteiger partial charge in [-0.05, 0) is 61.0 Å². The van der Waals surface area contributed by atoms with E-state index in [1.165, 1.54) is 6.21 Å². The van der Waals surface area contributed by atoms with Crippen LogP contribution in [0, 0.1) is 0 Å². The van der Waals surface area contributed by atoms with Crippen molar-refractivity contribution in [1.29, 1.82) is 0 Å². The number of rotatable bonds is 9. The van der Waals surface area contributed by atoms with E-state index in [1.807, 2.05) is 31.2 Å². The molecule has 0 aliphatic heterocycles. The summed E-state index contributed by atoms with van der Waals surface area (Å²) in [7, 11) is 1.57. The Morgan fingerprint density at radius 2 is 1.59 bits per heavy atom. The van der Waals surface area contributed by atoms with Crippen LogP contribution in [0.4, 0.5) is 5.69 Å². The first-order valence-electron chi connectivity index (χ1n) is 8.59. The molecule has 0 aliphatic rings. The first kappa shape index (κ1) is 20.0. The number of carbonyl (C=O) groups excluding carboxylic acids is 2. The van der Waals surface area contributed by atoms with E-state index >= 15 is 0 Å². The van der Waals surface area contributed by atoms with Crippen LogP contribution in [0.25, 0.3) is 0 Å². The lowest BCUT2D eigenvalue weighted by Crippen LogP contribution is -2.20. The second-order valence-electron chi connectivity index (χ2n) is 5.57. The number of nitrogens with one attached hydrogen (secondary N) is 2. The Bertz CT molecular complexity index is 771. The number of amides is 2. The summed E-state index contributed by atoms with van der Waals surface area (Å²) in [5, 5.41) is 6.61. The van der Waals surface area contributed by atoms with Gasteiger partial charge < -0.3 is 14.8 Å². The zero-order valence-corrected chi connectivity index (χ0v) is 15.4. The third kappa shape index (κ3) is 7.19. The monoisotopic (exact) mass is 369 g/mol. The predicted octanol–water partition coefficient (Wildman–Crippen LogP) is 2.96. The minimum atomic E-state index is -0.331. The maximum atomic E-state index is 11.9. The molecule has 0 radical (unpaired) electrons. The molecule has 2 rings (SSSR count). The van der Waals surface area contributed by atoms with Gasteiger partial charge in [0.1, 0.15) is 11.5 Å². The molecule has 0 saturated carbocycles. The topological polar surface area (TPSA) is 89.0 Å². The van der Waals surface area contributed by atoms with Gasteiger partial charge in [0.25, 0.3) is 0 Å². The van der Waals surface area contributed by atoms with Gasteiger partial charge in [0.2, 0.25) is 11.8 Å². The second-order valence-corrected chi connectivity index (χ2v) is 5.57. The number of hydrogen-bond donors (Lipinski definition) is 2. The van der Waals surface area contributed by atoms with Gasteiger partial charge >= 0.3 is 0 Å². The fourth-order valence-corrected chi connectivity index (χ4v) is 2.18. The van der Waals surface area contributed by atoms with Crippen LogP contribution in [-0.4, -0.2) is 31.7 Å². The van der Waals surface area contributed by atoms with E-state index in [0.717, 1.165) is 11.3 Å². The Morgan fingerprint density at radius 3 is 2.22 bits per heavy atom. The predicted molar refractivity (Wildman–Crippen MR) is 104 cm³/mol. The third-order valence-corrected chi connectivity index (χ3v) is 3.55. The van der Waals surface area contributed by atoms with Crippen LogP contribution in [0.15, 0.2) is 53.6 Å². The average Bonchev–Trinajstić information content (AvgIpc) is 2.68. The highest BCUT2D eigenvalue weighted by Gasteiger charge is 2.07. The molecule has 7 nitrogen and oxygen atoms in total. The Kier molecular flexibility index (Phi) is 7.84. The Morgan fingerprint density at radius 1 is 0.963 bits per heavy atom. The molecule has 0 spiro atoms. The van der Waals surface area contributed by atoms with E-state index in [9.17, 15) is 9.59 Å². The van der Waals surface area contributed by atoms with E-state index in [-0.39, 0.29) is 24.7 Å². The van der Waals surface area contributed by atoms with Crippen LogP contribution < -0.4 is 20.2 Å². The summed E-state index contributed by atoms with van der Waals surface area (Å²) >= 11 is 0. The zero-order valence-electron chi connectivity index (χ0n) is 15.4. The zero-order chi connectivity index (χ0) is 19.5. The molecule has 0 fully saturated rings. The van der Waals surface area contributed by atoms with Crippen LogP contribution in [0.5, 0.6) is 11.5 Å². The van der Waals surface area contributed by atoms with E-state index in [4.69, 9.17) is 9.47 Å². The molecule has 142 valence electrons. The normalized spacial score (nSPS) is 10.4. The Hall–Kier alpha value is -3.35. The van der Waals surface area contributed by atoms with Crippen LogP contribution in [0.3, 0.4) is 0 Å². The van der Waals surface area contributed by atoms with Gasteiger partial charge in [-0.25, -0.2) is 5.43 Å². The molecule has 0 heterocycles. The molecular weight excluding hydrogens is 346 g/mol. The van der Waals surface area contributed by atoms with Crippen molar-refractivity contribution in [2.75, 3.05) is 19.0 Å². The van der Waals surface area contributed by atoms with Gasteiger partial charge in [-0.2, -0.15) is 5.10 Å². The standard InChI is InChI=1S/C20H23N3O4/c1-3-27-18-8-4-15(5-9-18)14-21-23-20(25)13-12-19(24)22-16-6-10-17(26-2)11-7-16/h4-11,14H,3,12-13H2,1-2H3,(H,22,24)(H,23,25). The Balaban J connectivity index is 1.70. The van der Waals surface area contributed by atoms with E-state index in [1.54, 1.807) is 31.4 Å². The average molecular weight is 369 g/mol. The van der Waals surface area contributed by atoms with Gasteiger partial charge in [0, 0.05) is 18.5 Å². The van der Waals surface area contributed by atoms with Crippen molar-refractivity contribution >= 4 is 23.7 Å². The lowest BCUT2D eigenvalue weighted by atomic mass is 10.2. The number of anilines is 1. The third-order valence-electron chi connectivity index (χ3n) is 3.55. The number of hydrazone groups is 1. The summed E-state index contributed by atoms with van der Waals surface area (Å²) < 4.78 is 10.4. The first-order chi connectivity index (χ1) is 13.1. The van der Waals surface area contributed by atoms with Gasteiger partial charge in [-0.1, -0.05) is 0 Å². The minimum absolute atomic E-state index is 0.0443. The number of ether oxygens (including phenoxy) is 2. The Labute approximate surface area is 158 Å². The molecule has 27 heavy (non-hydrogen) atoms. The molecule has 0 atom stereocenters. The first-order valence-corrected chi connectivity index (χ1v) is 8.59. The largest absolute Gasteiger partial charge is 0.497 e. The molecule has 2 amide bonds. The summed E-state index contributed by atoms with van der Waals surface area (Å²) in [6.45, 7) is 2.53.